The Morgan fingerprint density at radius 3 is 2.62 bits per heavy atom. The summed E-state index contributed by atoms with van der Waals surface area (Å²) in [6, 6.07) is 2.85. The number of nitrogens with zero attached hydrogens (tertiary/aromatic N) is 2. The largest absolute Gasteiger partial charge is 0.351 e. The summed E-state index contributed by atoms with van der Waals surface area (Å²) in [7, 11) is 0. The lowest BCUT2D eigenvalue weighted by atomic mass is 9.88. The van der Waals surface area contributed by atoms with Gasteiger partial charge in [-0.25, -0.2) is 9.97 Å². The first-order valence-corrected chi connectivity index (χ1v) is 5.92. The normalized spacial score (nSPS) is 24.3. The third kappa shape index (κ3) is 2.50. The van der Waals surface area contributed by atoms with Gasteiger partial charge in [0, 0.05) is 23.5 Å². The lowest BCUT2D eigenvalue weighted by Crippen LogP contribution is -2.44. The van der Waals surface area contributed by atoms with E-state index in [9.17, 15) is 0 Å². The SMILES string of the molecule is Cc1cc(C(C)C)nc(NC2CC(N)C2)n1. The summed E-state index contributed by atoms with van der Waals surface area (Å²) in [5.41, 5.74) is 7.86. The molecular weight excluding hydrogens is 200 g/mol. The van der Waals surface area contributed by atoms with Crippen molar-refractivity contribution >= 4 is 5.95 Å². The van der Waals surface area contributed by atoms with Crippen LogP contribution in [0.25, 0.3) is 0 Å². The molecule has 0 aliphatic heterocycles. The number of nitrogens with two attached hydrogens (primary N) is 1. The Labute approximate surface area is 96.7 Å². The molecule has 0 bridgehead atoms. The summed E-state index contributed by atoms with van der Waals surface area (Å²) in [6.45, 7) is 6.29. The Morgan fingerprint density at radius 2 is 2.06 bits per heavy atom. The molecule has 1 fully saturated rings. The zero-order valence-electron chi connectivity index (χ0n) is 10.2. The molecule has 1 saturated carbocycles. The standard InChI is InChI=1S/C12H20N4/c1-7(2)11-4-8(3)14-12(16-11)15-10-5-9(13)6-10/h4,7,9-10H,5-6,13H2,1-3H3,(H,14,15,16). The molecule has 1 aliphatic carbocycles. The van der Waals surface area contributed by atoms with Crippen LogP contribution in [0.15, 0.2) is 6.07 Å². The van der Waals surface area contributed by atoms with E-state index in [1.165, 1.54) is 0 Å². The van der Waals surface area contributed by atoms with E-state index in [1.54, 1.807) is 0 Å². The maximum Gasteiger partial charge on any atom is 0.223 e. The maximum absolute atomic E-state index is 5.75. The summed E-state index contributed by atoms with van der Waals surface area (Å²) >= 11 is 0. The van der Waals surface area contributed by atoms with Crippen molar-refractivity contribution in [1.82, 2.24) is 9.97 Å². The Bertz CT molecular complexity index is 369. The fraction of sp³-hybridized carbons (Fsp3) is 0.667. The molecule has 4 heteroatoms. The second-order valence-corrected chi connectivity index (χ2v) is 4.99. The van der Waals surface area contributed by atoms with Gasteiger partial charge < -0.3 is 11.1 Å². The average molecular weight is 220 g/mol. The molecule has 88 valence electrons. The highest BCUT2D eigenvalue weighted by atomic mass is 15.1. The Balaban J connectivity index is 2.08. The highest BCUT2D eigenvalue weighted by Gasteiger charge is 2.26. The molecular formula is C12H20N4. The zero-order valence-corrected chi connectivity index (χ0v) is 10.2. The van der Waals surface area contributed by atoms with Gasteiger partial charge >= 0.3 is 0 Å². The van der Waals surface area contributed by atoms with Crippen molar-refractivity contribution in [1.29, 1.82) is 0 Å². The first kappa shape index (κ1) is 11.3. The molecule has 1 heterocycles. The van der Waals surface area contributed by atoms with Gasteiger partial charge in [-0.2, -0.15) is 0 Å². The molecule has 0 aromatic carbocycles. The minimum absolute atomic E-state index is 0.354. The van der Waals surface area contributed by atoms with E-state index >= 15 is 0 Å². The minimum Gasteiger partial charge on any atom is -0.351 e. The molecule has 0 amide bonds. The molecule has 0 spiro atoms. The molecule has 1 aromatic rings. The predicted octanol–water partition coefficient (Wildman–Crippen LogP) is 1.81. The monoisotopic (exact) mass is 220 g/mol. The highest BCUT2D eigenvalue weighted by Crippen LogP contribution is 2.22. The molecule has 0 saturated heterocycles. The highest BCUT2D eigenvalue weighted by molar-refractivity contribution is 5.31. The summed E-state index contributed by atoms with van der Waals surface area (Å²) in [6.07, 6.45) is 2.04. The molecule has 1 aliphatic rings. The van der Waals surface area contributed by atoms with Crippen LogP contribution in [0.1, 0.15) is 44.0 Å². The Hall–Kier alpha value is -1.16. The third-order valence-corrected chi connectivity index (χ3v) is 2.97. The van der Waals surface area contributed by atoms with Crippen LogP contribution < -0.4 is 11.1 Å². The summed E-state index contributed by atoms with van der Waals surface area (Å²) in [4.78, 5) is 8.92. The molecule has 16 heavy (non-hydrogen) atoms. The summed E-state index contributed by atoms with van der Waals surface area (Å²) < 4.78 is 0. The topological polar surface area (TPSA) is 63.8 Å². The molecule has 4 nitrogen and oxygen atoms in total. The van der Waals surface area contributed by atoms with Crippen molar-refractivity contribution in [3.05, 3.63) is 17.5 Å². The second-order valence-electron chi connectivity index (χ2n) is 4.99. The van der Waals surface area contributed by atoms with E-state index in [4.69, 9.17) is 5.73 Å². The van der Waals surface area contributed by atoms with E-state index in [0.29, 0.717) is 18.0 Å². The molecule has 2 rings (SSSR count). The van der Waals surface area contributed by atoms with Crippen molar-refractivity contribution in [2.75, 3.05) is 5.32 Å². The summed E-state index contributed by atoms with van der Waals surface area (Å²) in [5, 5.41) is 3.34. The van der Waals surface area contributed by atoms with Crippen LogP contribution in [0.2, 0.25) is 0 Å². The van der Waals surface area contributed by atoms with Crippen LogP contribution >= 0.6 is 0 Å². The Morgan fingerprint density at radius 1 is 1.38 bits per heavy atom. The predicted molar refractivity (Wildman–Crippen MR) is 65.5 cm³/mol. The van der Waals surface area contributed by atoms with Crippen molar-refractivity contribution in [2.24, 2.45) is 5.73 Å². The lowest BCUT2D eigenvalue weighted by Gasteiger charge is -2.33. The van der Waals surface area contributed by atoms with E-state index in [2.05, 4.69) is 29.1 Å². The van der Waals surface area contributed by atoms with Gasteiger partial charge in [0.1, 0.15) is 0 Å². The number of aryl methyl sites for hydroxylation is 1. The molecule has 0 unspecified atom stereocenters. The Kier molecular flexibility index (Phi) is 3.10. The van der Waals surface area contributed by atoms with Crippen LogP contribution in [0.3, 0.4) is 0 Å². The number of hydrogen-bond acceptors (Lipinski definition) is 4. The van der Waals surface area contributed by atoms with E-state index in [1.807, 2.05) is 13.0 Å². The first-order chi connectivity index (χ1) is 7.54. The van der Waals surface area contributed by atoms with Crippen molar-refractivity contribution in [2.45, 2.75) is 51.6 Å². The van der Waals surface area contributed by atoms with E-state index < -0.39 is 0 Å². The number of rotatable bonds is 3. The number of anilines is 1. The van der Waals surface area contributed by atoms with E-state index in [-0.39, 0.29) is 0 Å². The van der Waals surface area contributed by atoms with Crippen LogP contribution in [0.5, 0.6) is 0 Å². The van der Waals surface area contributed by atoms with Gasteiger partial charge in [-0.3, -0.25) is 0 Å². The average Bonchev–Trinajstić information content (AvgIpc) is 2.14. The van der Waals surface area contributed by atoms with Crippen molar-refractivity contribution < 1.29 is 0 Å². The summed E-state index contributed by atoms with van der Waals surface area (Å²) in [5.74, 6) is 1.19. The van der Waals surface area contributed by atoms with Gasteiger partial charge in [0.2, 0.25) is 5.95 Å². The van der Waals surface area contributed by atoms with Gasteiger partial charge in [0.05, 0.1) is 0 Å². The number of nitrogens with one attached hydrogen (secondary N) is 1. The van der Waals surface area contributed by atoms with Crippen LogP contribution in [-0.2, 0) is 0 Å². The van der Waals surface area contributed by atoms with Gasteiger partial charge in [-0.05, 0) is 31.7 Å². The zero-order chi connectivity index (χ0) is 11.7. The smallest absolute Gasteiger partial charge is 0.223 e. The second kappa shape index (κ2) is 4.37. The quantitative estimate of drug-likeness (QED) is 0.815. The number of hydrogen-bond donors (Lipinski definition) is 2. The fourth-order valence-electron chi connectivity index (χ4n) is 1.92. The van der Waals surface area contributed by atoms with Gasteiger partial charge in [0.15, 0.2) is 0 Å². The van der Waals surface area contributed by atoms with E-state index in [0.717, 1.165) is 30.2 Å². The maximum atomic E-state index is 5.75. The van der Waals surface area contributed by atoms with Crippen molar-refractivity contribution in [3.8, 4) is 0 Å². The van der Waals surface area contributed by atoms with Gasteiger partial charge in [0.25, 0.3) is 0 Å². The fourth-order valence-corrected chi connectivity index (χ4v) is 1.92. The molecule has 1 aromatic heterocycles. The molecule has 0 radical (unpaired) electrons. The first-order valence-electron chi connectivity index (χ1n) is 5.92. The van der Waals surface area contributed by atoms with Crippen LogP contribution in [0.4, 0.5) is 5.95 Å². The van der Waals surface area contributed by atoms with Crippen LogP contribution in [0, 0.1) is 6.92 Å². The van der Waals surface area contributed by atoms with Crippen LogP contribution in [-0.4, -0.2) is 22.1 Å². The van der Waals surface area contributed by atoms with Gasteiger partial charge in [-0.1, -0.05) is 13.8 Å². The van der Waals surface area contributed by atoms with Crippen molar-refractivity contribution in [3.63, 3.8) is 0 Å². The number of aromatic nitrogens is 2. The molecule has 0 atom stereocenters. The van der Waals surface area contributed by atoms with Gasteiger partial charge in [-0.15, -0.1) is 0 Å². The third-order valence-electron chi connectivity index (χ3n) is 2.97. The molecule has 3 N–H and O–H groups in total. The lowest BCUT2D eigenvalue weighted by molar-refractivity contribution is 0.372. The minimum atomic E-state index is 0.354.